The molecule has 4 nitrogen and oxygen atoms in total. The van der Waals surface area contributed by atoms with E-state index in [0.29, 0.717) is 0 Å². The molecule has 0 aromatic heterocycles. The molecular formula is H2O4Tl2. The fourth-order valence-electron chi connectivity index (χ4n) is 0. The second-order valence-corrected chi connectivity index (χ2v) is 0. The number of hydrogen-bond donors (Lipinski definition) is 0. The van der Waals surface area contributed by atoms with Gasteiger partial charge in [-0.2, -0.15) is 0 Å². The van der Waals surface area contributed by atoms with Crippen LogP contribution in [0.4, 0.5) is 0 Å². The predicted octanol–water partition coefficient (Wildman–Crippen LogP) is -1.94. The minimum absolute atomic E-state index is 0. The van der Waals surface area contributed by atoms with Crippen LogP contribution in [0.25, 0.3) is 0 Å². The van der Waals surface area contributed by atoms with Crippen molar-refractivity contribution in [2.45, 2.75) is 0 Å². The van der Waals surface area contributed by atoms with Gasteiger partial charge < -0.3 is 21.9 Å². The molecule has 0 atom stereocenters. The van der Waals surface area contributed by atoms with Crippen LogP contribution in [0.5, 0.6) is 0 Å². The normalized spacial score (nSPS) is 0. The van der Waals surface area contributed by atoms with Crippen molar-refractivity contribution in [1.82, 2.24) is 0 Å². The fraction of sp³-hybridized carbons (Fsp3) is 0. The monoisotopic (exact) mass is 476 g/mol. The van der Waals surface area contributed by atoms with E-state index in [1.54, 1.807) is 0 Å². The molecule has 2 N–H and O–H groups in total. The molecule has 0 aliphatic carbocycles. The average molecular weight is 475 g/mol. The zero-order chi connectivity index (χ0) is 0. The van der Waals surface area contributed by atoms with Crippen LogP contribution in [0.3, 0.4) is 0 Å². The molecule has 0 heterocycles. The summed E-state index contributed by atoms with van der Waals surface area (Å²) in [6.07, 6.45) is 0. The van der Waals surface area contributed by atoms with Crippen molar-refractivity contribution in [1.29, 1.82) is 0 Å². The summed E-state index contributed by atoms with van der Waals surface area (Å²) in [5, 5.41) is 0. The van der Waals surface area contributed by atoms with Gasteiger partial charge in [-0.25, -0.2) is 0 Å². The first kappa shape index (κ1) is 121. The van der Waals surface area contributed by atoms with Gasteiger partial charge in [-0.3, -0.25) is 0 Å². The first-order chi connectivity index (χ1) is 0. The smallest absolute Gasteiger partial charge is 2.00 e. The summed E-state index contributed by atoms with van der Waals surface area (Å²) in [7, 11) is 0. The van der Waals surface area contributed by atoms with E-state index in [1.807, 2.05) is 0 Å². The zero-order valence-electron chi connectivity index (χ0n) is 2.88. The molecule has 0 fully saturated rings. The maximum absolute atomic E-state index is 0. The van der Waals surface area contributed by atoms with Crippen molar-refractivity contribution in [3.05, 3.63) is 0 Å². The molecule has 0 radical (unpaired) electrons. The van der Waals surface area contributed by atoms with Gasteiger partial charge in [0.1, 0.15) is 0 Å². The Morgan fingerprint density at radius 1 is 0.500 bits per heavy atom. The molecule has 6 heteroatoms. The average Bonchev–Trinajstić information content (AvgIpc) is 0. The van der Waals surface area contributed by atoms with Crippen LogP contribution in [0.15, 0.2) is 0 Å². The Labute approximate surface area is 75.9 Å². The Morgan fingerprint density at radius 2 is 0.500 bits per heavy atom. The van der Waals surface area contributed by atoms with Gasteiger partial charge in [0.15, 0.2) is 0 Å². The molecule has 0 aromatic rings. The fourth-order valence-corrected chi connectivity index (χ4v) is 0. The van der Waals surface area contributed by atoms with Crippen molar-refractivity contribution < 1.29 is 21.9 Å². The Balaban J connectivity index is 0. The van der Waals surface area contributed by atoms with E-state index in [0.717, 1.165) is 0 Å². The van der Waals surface area contributed by atoms with Crippen molar-refractivity contribution in [3.63, 3.8) is 0 Å². The van der Waals surface area contributed by atoms with E-state index in [-0.39, 0.29) is 76.5 Å². The molecule has 0 aliphatic heterocycles. The third kappa shape index (κ3) is 44.0. The zero-order valence-corrected chi connectivity index (χ0v) is 11.9. The summed E-state index contributed by atoms with van der Waals surface area (Å²) in [5.41, 5.74) is 0. The maximum Gasteiger partial charge on any atom is 3.00 e. The van der Waals surface area contributed by atoms with E-state index in [4.69, 9.17) is 0 Å². The van der Waals surface area contributed by atoms with Crippen molar-refractivity contribution in [3.8, 4) is 0 Å². The van der Waals surface area contributed by atoms with Gasteiger partial charge in [-0.05, 0) is 0 Å². The SMILES string of the molecule is O.[O-2].[O-2].[O-2].[Tl+3].[Tl+3]. The topological polar surface area (TPSA) is 117 Å². The summed E-state index contributed by atoms with van der Waals surface area (Å²) in [6.45, 7) is 0. The van der Waals surface area contributed by atoms with Crippen LogP contribution in [-0.4, -0.2) is 60.1 Å². The van der Waals surface area contributed by atoms with Gasteiger partial charge in [0.25, 0.3) is 0 Å². The van der Waals surface area contributed by atoms with Gasteiger partial charge in [0.05, 0.1) is 0 Å². The Kier molecular flexibility index (Phi) is 1540. The molecule has 32 valence electrons. The summed E-state index contributed by atoms with van der Waals surface area (Å²) in [6, 6.07) is 0. The minimum Gasteiger partial charge on any atom is -2.00 e. The van der Waals surface area contributed by atoms with Crippen LogP contribution >= 0.6 is 0 Å². The first-order valence-corrected chi connectivity index (χ1v) is 0. The molecule has 0 saturated carbocycles. The van der Waals surface area contributed by atoms with Gasteiger partial charge in [0.2, 0.25) is 0 Å². The van der Waals surface area contributed by atoms with E-state index in [1.165, 1.54) is 0 Å². The van der Waals surface area contributed by atoms with Crippen molar-refractivity contribution in [2.75, 3.05) is 0 Å². The van der Waals surface area contributed by atoms with Crippen molar-refractivity contribution in [2.24, 2.45) is 0 Å². The molecule has 0 unspecified atom stereocenters. The molecule has 0 aromatic carbocycles. The van der Waals surface area contributed by atoms with E-state index < -0.39 is 0 Å². The van der Waals surface area contributed by atoms with Crippen LogP contribution in [0.2, 0.25) is 0 Å². The third-order valence-electron chi connectivity index (χ3n) is 0. The van der Waals surface area contributed by atoms with Gasteiger partial charge >= 0.3 is 54.6 Å². The first-order valence-electron chi connectivity index (χ1n) is 0. The molecule has 0 rings (SSSR count). The Hall–Kier alpha value is 1.68. The summed E-state index contributed by atoms with van der Waals surface area (Å²) in [4.78, 5) is 0. The molecule has 6 heavy (non-hydrogen) atoms. The predicted molar refractivity (Wildman–Crippen MR) is 17.2 cm³/mol. The second kappa shape index (κ2) is 76.1. The molecule has 0 bridgehead atoms. The Morgan fingerprint density at radius 3 is 0.500 bits per heavy atom. The summed E-state index contributed by atoms with van der Waals surface area (Å²) < 4.78 is 0. The standard InChI is InChI=1S/H2O.3O.2Tl/h1H2;;;;;/q;3*-2;2*+3. The number of hydrogen-bond acceptors (Lipinski definition) is 0. The number of rotatable bonds is 0. The summed E-state index contributed by atoms with van der Waals surface area (Å²) in [5.74, 6) is 0. The molecular weight excluding hydrogens is 473 g/mol. The van der Waals surface area contributed by atoms with E-state index in [2.05, 4.69) is 0 Å². The van der Waals surface area contributed by atoms with E-state index >= 15 is 0 Å². The quantitative estimate of drug-likeness (QED) is 0.363. The largest absolute Gasteiger partial charge is 3.00 e. The second-order valence-electron chi connectivity index (χ2n) is 0. The molecule has 0 aliphatic rings. The maximum atomic E-state index is 0. The van der Waals surface area contributed by atoms with Gasteiger partial charge in [-0.1, -0.05) is 0 Å². The molecule has 0 saturated heterocycles. The van der Waals surface area contributed by atoms with Gasteiger partial charge in [-0.15, -0.1) is 0 Å². The van der Waals surface area contributed by atoms with Crippen LogP contribution in [0.1, 0.15) is 0 Å². The van der Waals surface area contributed by atoms with Crippen molar-refractivity contribution >= 4 is 54.6 Å². The molecule has 0 spiro atoms. The Bertz CT molecular complexity index is 5.51. The van der Waals surface area contributed by atoms with E-state index in [9.17, 15) is 0 Å². The third-order valence-corrected chi connectivity index (χ3v) is 0. The van der Waals surface area contributed by atoms with Crippen LogP contribution < -0.4 is 0 Å². The van der Waals surface area contributed by atoms with Crippen LogP contribution in [0, 0.1) is 0 Å². The molecule has 0 amide bonds. The minimum atomic E-state index is 0. The summed E-state index contributed by atoms with van der Waals surface area (Å²) >= 11 is 0. The van der Waals surface area contributed by atoms with Crippen LogP contribution in [-0.2, 0) is 16.4 Å². The van der Waals surface area contributed by atoms with Gasteiger partial charge in [0, 0.05) is 0 Å².